The molecule has 10 heavy (non-hydrogen) atoms. The number of methoxy groups -OCH3 is 1. The first-order valence-corrected chi connectivity index (χ1v) is 2.93. The topological polar surface area (TPSA) is 9.23 Å². The van der Waals surface area contributed by atoms with E-state index >= 15 is 0 Å². The van der Waals surface area contributed by atoms with E-state index in [-0.39, 0.29) is 17.0 Å². The SMILES string of the molecule is Br.[Li][c]1ccc(OC)cc1. The Labute approximate surface area is 80.7 Å². The van der Waals surface area contributed by atoms with Crippen LogP contribution < -0.4 is 8.97 Å². The summed E-state index contributed by atoms with van der Waals surface area (Å²) in [7, 11) is 1.67. The summed E-state index contributed by atoms with van der Waals surface area (Å²) in [5.41, 5.74) is 0. The Hall–Kier alpha value is 0.0974. The third kappa shape index (κ3) is 2.79. The van der Waals surface area contributed by atoms with Gasteiger partial charge in [-0.2, -0.15) is 0 Å². The van der Waals surface area contributed by atoms with E-state index in [4.69, 9.17) is 4.74 Å². The Kier molecular flexibility index (Phi) is 4.89. The fourth-order valence-corrected chi connectivity index (χ4v) is 0.674. The molecule has 0 radical (unpaired) electrons. The average molecular weight is 195 g/mol. The first kappa shape index (κ1) is 10.1. The third-order valence-electron chi connectivity index (χ3n) is 1.26. The molecule has 0 unspecified atom stereocenters. The van der Waals surface area contributed by atoms with Crippen molar-refractivity contribution in [2.24, 2.45) is 0 Å². The number of hydrogen-bond donors (Lipinski definition) is 0. The minimum atomic E-state index is 0. The molecule has 1 nitrogen and oxygen atoms in total. The van der Waals surface area contributed by atoms with Crippen LogP contribution in [0.25, 0.3) is 0 Å². The van der Waals surface area contributed by atoms with E-state index in [0.717, 1.165) is 5.75 Å². The Morgan fingerprint density at radius 2 is 1.70 bits per heavy atom. The molecule has 0 saturated carbocycles. The van der Waals surface area contributed by atoms with Crippen molar-refractivity contribution >= 4 is 38.9 Å². The number of ether oxygens (including phenoxy) is 1. The van der Waals surface area contributed by atoms with Crippen LogP contribution in [-0.2, 0) is 0 Å². The molecule has 0 N–H and O–H groups in total. The summed E-state index contributed by atoms with van der Waals surface area (Å²) in [5, 5.41) is 0. The molecular formula is C7H8BrLiO. The molecule has 0 aliphatic rings. The number of halogens is 1. The summed E-state index contributed by atoms with van der Waals surface area (Å²) in [6.07, 6.45) is 0. The second-order valence-electron chi connectivity index (χ2n) is 2.02. The molecule has 0 fully saturated rings. The van der Waals surface area contributed by atoms with E-state index in [1.165, 1.54) is 4.24 Å². The summed E-state index contributed by atoms with van der Waals surface area (Å²) >= 11 is 2.06. The van der Waals surface area contributed by atoms with Gasteiger partial charge in [0.1, 0.15) is 0 Å². The number of hydrogen-bond acceptors (Lipinski definition) is 1. The maximum atomic E-state index is 4.97. The van der Waals surface area contributed by atoms with Crippen molar-refractivity contribution in [2.45, 2.75) is 0 Å². The van der Waals surface area contributed by atoms with Gasteiger partial charge >= 0.3 is 63.8 Å². The quantitative estimate of drug-likeness (QED) is 0.609. The summed E-state index contributed by atoms with van der Waals surface area (Å²) in [4.78, 5) is 0. The van der Waals surface area contributed by atoms with Gasteiger partial charge in [-0.25, -0.2) is 0 Å². The van der Waals surface area contributed by atoms with Gasteiger partial charge in [-0.15, -0.1) is 17.0 Å². The average Bonchev–Trinajstić information content (AvgIpc) is 1.90. The Morgan fingerprint density at radius 1 is 1.20 bits per heavy atom. The Morgan fingerprint density at radius 3 is 2.10 bits per heavy atom. The second kappa shape index (κ2) is 4.84. The van der Waals surface area contributed by atoms with Crippen LogP contribution in [0.15, 0.2) is 24.3 Å². The molecule has 0 heterocycles. The van der Waals surface area contributed by atoms with Crippen LogP contribution in [0, 0.1) is 0 Å². The monoisotopic (exact) mass is 194 g/mol. The van der Waals surface area contributed by atoms with Crippen LogP contribution in [-0.4, -0.2) is 24.8 Å². The van der Waals surface area contributed by atoms with Crippen LogP contribution in [0.1, 0.15) is 0 Å². The van der Waals surface area contributed by atoms with Crippen LogP contribution in [0.3, 0.4) is 0 Å². The first-order valence-electron chi connectivity index (χ1n) is 2.93. The van der Waals surface area contributed by atoms with Crippen molar-refractivity contribution in [3.63, 3.8) is 0 Å². The van der Waals surface area contributed by atoms with Gasteiger partial charge in [0, 0.05) is 0 Å². The van der Waals surface area contributed by atoms with Gasteiger partial charge in [-0.1, -0.05) is 0 Å². The predicted molar refractivity (Wildman–Crippen MR) is 48.7 cm³/mol. The molecule has 0 aliphatic heterocycles. The van der Waals surface area contributed by atoms with Crippen LogP contribution >= 0.6 is 17.0 Å². The van der Waals surface area contributed by atoms with Gasteiger partial charge < -0.3 is 0 Å². The number of rotatable bonds is 1. The first-order chi connectivity index (χ1) is 4.33. The van der Waals surface area contributed by atoms with Crippen molar-refractivity contribution in [1.29, 1.82) is 0 Å². The van der Waals surface area contributed by atoms with Crippen molar-refractivity contribution < 1.29 is 4.74 Å². The van der Waals surface area contributed by atoms with Crippen molar-refractivity contribution in [3.8, 4) is 5.75 Å². The fraction of sp³-hybridized carbons (Fsp3) is 0.143. The zero-order chi connectivity index (χ0) is 6.69. The summed E-state index contributed by atoms with van der Waals surface area (Å²) in [5.74, 6) is 0.917. The van der Waals surface area contributed by atoms with Crippen molar-refractivity contribution in [2.75, 3.05) is 7.11 Å². The molecule has 0 bridgehead atoms. The minimum absolute atomic E-state index is 0. The summed E-state index contributed by atoms with van der Waals surface area (Å²) in [6, 6.07) is 7.96. The normalized spacial score (nSPS) is 8.30. The zero-order valence-corrected chi connectivity index (χ0v) is 7.84. The molecule has 0 atom stereocenters. The van der Waals surface area contributed by atoms with Crippen molar-refractivity contribution in [1.82, 2.24) is 0 Å². The van der Waals surface area contributed by atoms with Crippen molar-refractivity contribution in [3.05, 3.63) is 24.3 Å². The molecule has 3 heteroatoms. The molecule has 0 saturated heterocycles. The van der Waals surface area contributed by atoms with Gasteiger partial charge in [0.2, 0.25) is 0 Å². The standard InChI is InChI=1S/C7H7O.BrH.Li/c1-8-7-5-3-2-4-6-7;;/h3-6H,1H3;1H;. The molecule has 1 aromatic carbocycles. The van der Waals surface area contributed by atoms with E-state index < -0.39 is 0 Å². The molecule has 0 aromatic heterocycles. The van der Waals surface area contributed by atoms with E-state index in [0.29, 0.717) is 0 Å². The predicted octanol–water partition coefficient (Wildman–Crippen LogP) is 1.07. The van der Waals surface area contributed by atoms with Gasteiger partial charge in [0.15, 0.2) is 0 Å². The zero-order valence-electron chi connectivity index (χ0n) is 6.13. The van der Waals surface area contributed by atoms with E-state index in [1.807, 2.05) is 24.3 Å². The maximum absolute atomic E-state index is 4.97. The van der Waals surface area contributed by atoms with Gasteiger partial charge in [-0.05, 0) is 0 Å². The molecule has 1 aromatic rings. The van der Waals surface area contributed by atoms with Gasteiger partial charge in [0.05, 0.1) is 0 Å². The molecule has 0 aliphatic carbocycles. The fourth-order valence-electron chi connectivity index (χ4n) is 0.674. The Bertz CT molecular complexity index is 185. The van der Waals surface area contributed by atoms with E-state index in [9.17, 15) is 0 Å². The van der Waals surface area contributed by atoms with Gasteiger partial charge in [-0.3, -0.25) is 0 Å². The number of benzene rings is 1. The summed E-state index contributed by atoms with van der Waals surface area (Å²) in [6.45, 7) is 0. The van der Waals surface area contributed by atoms with Crippen LogP contribution in [0.5, 0.6) is 5.75 Å². The molecule has 0 spiro atoms. The molecule has 0 amide bonds. The second-order valence-corrected chi connectivity index (χ2v) is 2.02. The molecule has 1 rings (SSSR count). The van der Waals surface area contributed by atoms with E-state index in [1.54, 1.807) is 7.11 Å². The third-order valence-corrected chi connectivity index (χ3v) is 1.26. The van der Waals surface area contributed by atoms with E-state index in [2.05, 4.69) is 17.7 Å². The Balaban J connectivity index is 0.000000810. The molecular weight excluding hydrogens is 187 g/mol. The van der Waals surface area contributed by atoms with Crippen LogP contribution in [0.4, 0.5) is 0 Å². The molecule has 50 valence electrons. The van der Waals surface area contributed by atoms with Gasteiger partial charge in [0.25, 0.3) is 0 Å². The summed E-state index contributed by atoms with van der Waals surface area (Å²) < 4.78 is 6.23. The van der Waals surface area contributed by atoms with Crippen LogP contribution in [0.2, 0.25) is 0 Å².